The summed E-state index contributed by atoms with van der Waals surface area (Å²) in [5, 5.41) is 0. The van der Waals surface area contributed by atoms with Gasteiger partial charge in [0.25, 0.3) is 7.82 Å². The predicted octanol–water partition coefficient (Wildman–Crippen LogP) is 11.6. The Kier molecular flexibility index (Phi) is 35.7. The number of hydrogen-bond acceptors (Lipinski definition) is 7. The summed E-state index contributed by atoms with van der Waals surface area (Å²) in [6.45, 7) is 5.42. The van der Waals surface area contributed by atoms with E-state index >= 15 is 0 Å². The summed E-state index contributed by atoms with van der Waals surface area (Å²) >= 11 is 0. The Morgan fingerprint density at radius 1 is 0.588 bits per heavy atom. The third kappa shape index (κ3) is 40.3. The Hall–Kier alpha value is -0.760. The fourth-order valence-corrected chi connectivity index (χ4v) is 6.68. The van der Waals surface area contributed by atoms with Crippen LogP contribution in [-0.2, 0) is 27.9 Å². The van der Waals surface area contributed by atoms with Crippen molar-refractivity contribution in [2.45, 2.75) is 200 Å². The second-order valence-electron chi connectivity index (χ2n) is 15.7. The van der Waals surface area contributed by atoms with Crippen LogP contribution in [0.1, 0.15) is 194 Å². The Labute approximate surface area is 316 Å². The molecule has 0 radical (unpaired) electrons. The number of hydrogen-bond donors (Lipinski definition) is 0. The summed E-state index contributed by atoms with van der Waals surface area (Å²) in [5.41, 5.74) is 0. The SMILES string of the molecule is CCCCCCC/C=C\CCCCCCCC(=O)OC(COCCCCCCCCCCCCCCCCC)COP(=O)([O-])OCC[N+](C)(C)C. The third-order valence-electron chi connectivity index (χ3n) is 9.32. The normalized spacial score (nSPS) is 13.9. The van der Waals surface area contributed by atoms with Crippen LogP contribution in [-0.4, -0.2) is 70.7 Å². The third-order valence-corrected chi connectivity index (χ3v) is 10.3. The zero-order valence-corrected chi connectivity index (χ0v) is 35.2. The first-order valence-corrected chi connectivity index (χ1v) is 22.9. The molecule has 0 saturated heterocycles. The highest BCUT2D eigenvalue weighted by Gasteiger charge is 2.20. The van der Waals surface area contributed by atoms with Gasteiger partial charge in [0.1, 0.15) is 19.3 Å². The molecule has 0 aliphatic heterocycles. The van der Waals surface area contributed by atoms with Crippen molar-refractivity contribution in [2.75, 3.05) is 54.1 Å². The van der Waals surface area contributed by atoms with E-state index in [1.165, 1.54) is 128 Å². The molecule has 9 heteroatoms. The number of unbranched alkanes of at least 4 members (excludes halogenated alkanes) is 24. The van der Waals surface area contributed by atoms with E-state index in [9.17, 15) is 14.3 Å². The van der Waals surface area contributed by atoms with Gasteiger partial charge in [-0.05, 0) is 38.5 Å². The van der Waals surface area contributed by atoms with E-state index in [2.05, 4.69) is 26.0 Å². The topological polar surface area (TPSA) is 94.1 Å². The number of esters is 1. The first kappa shape index (κ1) is 50.2. The zero-order valence-electron chi connectivity index (χ0n) is 34.3. The van der Waals surface area contributed by atoms with Crippen molar-refractivity contribution in [2.24, 2.45) is 0 Å². The molecule has 0 aromatic heterocycles. The van der Waals surface area contributed by atoms with E-state index < -0.39 is 13.9 Å². The number of allylic oxidation sites excluding steroid dienone is 2. The van der Waals surface area contributed by atoms with Crippen molar-refractivity contribution < 1.29 is 37.3 Å². The summed E-state index contributed by atoms with van der Waals surface area (Å²) in [4.78, 5) is 25.0. The molecule has 2 unspecified atom stereocenters. The predicted molar refractivity (Wildman–Crippen MR) is 213 cm³/mol. The molecule has 0 aliphatic carbocycles. The monoisotopic (exact) mass is 746 g/mol. The number of rotatable bonds is 40. The van der Waals surface area contributed by atoms with Gasteiger partial charge in [-0.15, -0.1) is 0 Å². The highest BCUT2D eigenvalue weighted by atomic mass is 31.2. The van der Waals surface area contributed by atoms with Crippen LogP contribution in [0, 0.1) is 0 Å². The molecule has 8 nitrogen and oxygen atoms in total. The molecule has 0 aliphatic rings. The molecular weight excluding hydrogens is 661 g/mol. The quantitative estimate of drug-likeness (QED) is 0.0203. The second-order valence-corrected chi connectivity index (χ2v) is 17.1. The summed E-state index contributed by atoms with van der Waals surface area (Å²) in [6.07, 6.45) is 37.8. The smallest absolute Gasteiger partial charge is 0.306 e. The van der Waals surface area contributed by atoms with Gasteiger partial charge in [0.05, 0.1) is 34.4 Å². The molecule has 0 heterocycles. The van der Waals surface area contributed by atoms with Crippen LogP contribution >= 0.6 is 7.82 Å². The average Bonchev–Trinajstić information content (AvgIpc) is 3.08. The van der Waals surface area contributed by atoms with Gasteiger partial charge in [-0.2, -0.15) is 0 Å². The van der Waals surface area contributed by atoms with Gasteiger partial charge in [0.15, 0.2) is 0 Å². The van der Waals surface area contributed by atoms with E-state index in [4.69, 9.17) is 18.5 Å². The van der Waals surface area contributed by atoms with Crippen molar-refractivity contribution in [3.05, 3.63) is 12.2 Å². The molecule has 0 bridgehead atoms. The van der Waals surface area contributed by atoms with Crippen molar-refractivity contribution in [1.82, 2.24) is 0 Å². The number of phosphoric ester groups is 1. The Balaban J connectivity index is 4.23. The van der Waals surface area contributed by atoms with Crippen LogP contribution in [0.3, 0.4) is 0 Å². The summed E-state index contributed by atoms with van der Waals surface area (Å²) in [7, 11) is 1.36. The molecule has 51 heavy (non-hydrogen) atoms. The van der Waals surface area contributed by atoms with Crippen LogP contribution in [0.25, 0.3) is 0 Å². The van der Waals surface area contributed by atoms with Gasteiger partial charge >= 0.3 is 5.97 Å². The first-order valence-electron chi connectivity index (χ1n) is 21.4. The van der Waals surface area contributed by atoms with Crippen LogP contribution in [0.5, 0.6) is 0 Å². The number of carbonyl (C=O) groups excluding carboxylic acids is 1. The summed E-state index contributed by atoms with van der Waals surface area (Å²) in [6, 6.07) is 0. The van der Waals surface area contributed by atoms with Crippen molar-refractivity contribution in [3.8, 4) is 0 Å². The van der Waals surface area contributed by atoms with Gasteiger partial charge in [-0.25, -0.2) is 0 Å². The second kappa shape index (κ2) is 36.2. The summed E-state index contributed by atoms with van der Waals surface area (Å²) in [5.74, 6) is -0.340. The minimum atomic E-state index is -4.52. The van der Waals surface area contributed by atoms with E-state index in [1.54, 1.807) is 0 Å². The molecule has 2 atom stereocenters. The van der Waals surface area contributed by atoms with Gasteiger partial charge in [-0.1, -0.05) is 161 Å². The highest BCUT2D eigenvalue weighted by Crippen LogP contribution is 2.38. The Morgan fingerprint density at radius 2 is 1.02 bits per heavy atom. The van der Waals surface area contributed by atoms with Crippen molar-refractivity contribution in [3.63, 3.8) is 0 Å². The molecular formula is C42H84NO7P. The van der Waals surface area contributed by atoms with Gasteiger partial charge in [-0.3, -0.25) is 9.36 Å². The lowest BCUT2D eigenvalue weighted by atomic mass is 10.0. The Bertz CT molecular complexity index is 833. The van der Waals surface area contributed by atoms with Gasteiger partial charge < -0.3 is 27.9 Å². The Morgan fingerprint density at radius 3 is 1.49 bits per heavy atom. The molecule has 0 rings (SSSR count). The standard InChI is InChI=1S/C42H84NO7P/c1-6-8-10-12-14-16-18-20-22-24-26-28-30-32-34-37-47-39-41(40-49-51(45,46)48-38-36-43(3,4)5)50-42(44)35-33-31-29-27-25-23-21-19-17-15-13-11-9-7-2/h19,21,41H,6-18,20,22-40H2,1-5H3/b21-19-. The molecule has 0 spiro atoms. The molecule has 0 aromatic rings. The zero-order chi connectivity index (χ0) is 37.7. The maximum atomic E-state index is 12.6. The fourth-order valence-electron chi connectivity index (χ4n) is 5.95. The largest absolute Gasteiger partial charge is 0.756 e. The minimum absolute atomic E-state index is 0.0276. The molecule has 0 N–H and O–H groups in total. The minimum Gasteiger partial charge on any atom is -0.756 e. The number of quaternary nitrogens is 1. The van der Waals surface area contributed by atoms with Gasteiger partial charge in [0, 0.05) is 13.0 Å². The molecule has 0 fully saturated rings. The summed E-state index contributed by atoms with van der Waals surface area (Å²) < 4.78 is 34.5. The number of phosphoric acid groups is 1. The number of ether oxygens (including phenoxy) is 2. The lowest BCUT2D eigenvalue weighted by Crippen LogP contribution is -2.37. The lowest BCUT2D eigenvalue weighted by Gasteiger charge is -2.28. The van der Waals surface area contributed by atoms with Crippen molar-refractivity contribution in [1.29, 1.82) is 0 Å². The highest BCUT2D eigenvalue weighted by molar-refractivity contribution is 7.45. The van der Waals surface area contributed by atoms with E-state index in [0.717, 1.165) is 44.9 Å². The van der Waals surface area contributed by atoms with E-state index in [0.29, 0.717) is 24.1 Å². The molecule has 304 valence electrons. The number of likely N-dealkylation sites (N-methyl/N-ethyl adjacent to an activating group) is 1. The number of carbonyl (C=O) groups is 1. The van der Waals surface area contributed by atoms with E-state index in [-0.39, 0.29) is 25.8 Å². The fraction of sp³-hybridized carbons (Fsp3) is 0.929. The lowest BCUT2D eigenvalue weighted by molar-refractivity contribution is -0.870. The maximum absolute atomic E-state index is 12.6. The molecule has 0 aromatic carbocycles. The average molecular weight is 746 g/mol. The first-order chi connectivity index (χ1) is 24.6. The van der Waals surface area contributed by atoms with E-state index in [1.807, 2.05) is 21.1 Å². The molecule has 0 amide bonds. The molecule has 0 saturated carbocycles. The number of nitrogens with zero attached hydrogens (tertiary/aromatic N) is 1. The maximum Gasteiger partial charge on any atom is 0.306 e. The van der Waals surface area contributed by atoms with Crippen LogP contribution in [0.4, 0.5) is 0 Å². The van der Waals surface area contributed by atoms with Crippen LogP contribution in [0.2, 0.25) is 0 Å². The van der Waals surface area contributed by atoms with Crippen LogP contribution in [0.15, 0.2) is 12.2 Å². The van der Waals surface area contributed by atoms with Gasteiger partial charge in [0.2, 0.25) is 0 Å². The van der Waals surface area contributed by atoms with Crippen molar-refractivity contribution >= 4 is 13.8 Å². The van der Waals surface area contributed by atoms with Crippen LogP contribution < -0.4 is 4.89 Å².